The lowest BCUT2D eigenvalue weighted by Crippen LogP contribution is -2.28. The molecule has 9 aromatic carbocycles. The molecule has 0 spiro atoms. The monoisotopic (exact) mass is 871 g/mol. The van der Waals surface area contributed by atoms with Crippen LogP contribution in [0.25, 0.3) is 50.1 Å². The molecule has 0 saturated heterocycles. The Kier molecular flexibility index (Phi) is 9.02. The van der Waals surface area contributed by atoms with Crippen LogP contribution in [0.1, 0.15) is 90.6 Å². The summed E-state index contributed by atoms with van der Waals surface area (Å²) in [6, 6.07) is 78.1. The fraction of sp³-hybridized carbons (Fsp3) is 0.134. The first-order chi connectivity index (χ1) is 33.3. The highest BCUT2D eigenvalue weighted by atomic mass is 15.1. The van der Waals surface area contributed by atoms with Crippen molar-refractivity contribution in [3.63, 3.8) is 0 Å². The highest BCUT2D eigenvalue weighted by Crippen LogP contribution is 2.61. The Hall–Kier alpha value is -7.74. The molecule has 9 aromatic rings. The molecule has 0 amide bonds. The minimum atomic E-state index is -0.500. The lowest BCUT2D eigenvalue weighted by molar-refractivity contribution is 0.652. The van der Waals surface area contributed by atoms with Gasteiger partial charge in [0.1, 0.15) is 0 Å². The van der Waals surface area contributed by atoms with Crippen molar-refractivity contribution < 1.29 is 0 Å². The highest BCUT2D eigenvalue weighted by molar-refractivity contribution is 6.03. The van der Waals surface area contributed by atoms with Crippen LogP contribution in [-0.2, 0) is 16.2 Å². The minimum Gasteiger partial charge on any atom is -0.309 e. The van der Waals surface area contributed by atoms with Gasteiger partial charge in [0, 0.05) is 27.6 Å². The van der Waals surface area contributed by atoms with E-state index in [0.29, 0.717) is 0 Å². The zero-order chi connectivity index (χ0) is 45.8. The minimum absolute atomic E-state index is 0.119. The van der Waals surface area contributed by atoms with Crippen molar-refractivity contribution in [2.45, 2.75) is 56.8 Å². The lowest BCUT2D eigenvalue weighted by atomic mass is 9.67. The van der Waals surface area contributed by atoms with Crippen LogP contribution in [0.15, 0.2) is 224 Å². The Labute approximate surface area is 401 Å². The molecule has 0 bridgehead atoms. The van der Waals surface area contributed by atoms with E-state index < -0.39 is 5.41 Å². The molecule has 13 rings (SSSR count). The van der Waals surface area contributed by atoms with Gasteiger partial charge in [0.25, 0.3) is 0 Å². The topological polar surface area (TPSA) is 3.24 Å². The number of benzene rings is 9. The first kappa shape index (κ1) is 40.5. The maximum absolute atomic E-state index is 2.57. The van der Waals surface area contributed by atoms with E-state index in [9.17, 15) is 0 Å². The number of allylic oxidation sites excluding steroid dienone is 4. The average Bonchev–Trinajstić information content (AvgIpc) is 3.92. The van der Waals surface area contributed by atoms with E-state index in [0.717, 1.165) is 24.2 Å². The lowest BCUT2D eigenvalue weighted by Gasteiger charge is -2.34. The second-order valence-corrected chi connectivity index (χ2v) is 20.2. The van der Waals surface area contributed by atoms with Gasteiger partial charge in [-0.2, -0.15) is 0 Å². The molecular formula is C67H53N. The van der Waals surface area contributed by atoms with E-state index in [2.05, 4.69) is 257 Å². The zero-order valence-corrected chi connectivity index (χ0v) is 39.2. The molecular weight excluding hydrogens is 819 g/mol. The molecule has 326 valence electrons. The van der Waals surface area contributed by atoms with Crippen molar-refractivity contribution in [3.05, 3.63) is 275 Å². The SMILES string of the molecule is CC1(C)c2ccccc2-c2cc3c(cc21)-c1c(N(c2ccc(C4=CCCC=C4)cc2)c2ccccc2-c2cccc4c2-c2ccccc2C4(c2ccccc2)c2ccccc2)cccc1C3(C)C. The summed E-state index contributed by atoms with van der Waals surface area (Å²) in [6.07, 6.45) is 9.13. The largest absolute Gasteiger partial charge is 0.309 e. The summed E-state index contributed by atoms with van der Waals surface area (Å²) >= 11 is 0. The quantitative estimate of drug-likeness (QED) is 0.154. The molecule has 1 heteroatoms. The van der Waals surface area contributed by atoms with Gasteiger partial charge in [-0.05, 0) is 138 Å². The Morgan fingerprint density at radius 2 is 0.912 bits per heavy atom. The van der Waals surface area contributed by atoms with Gasteiger partial charge in [0.15, 0.2) is 0 Å². The van der Waals surface area contributed by atoms with E-state index in [1.807, 2.05) is 0 Å². The van der Waals surface area contributed by atoms with Crippen molar-refractivity contribution >= 4 is 22.6 Å². The third-order valence-electron chi connectivity index (χ3n) is 16.0. The van der Waals surface area contributed by atoms with Crippen LogP contribution in [0, 0.1) is 0 Å². The smallest absolute Gasteiger partial charge is 0.0713 e. The summed E-state index contributed by atoms with van der Waals surface area (Å²) in [5.41, 5.74) is 26.3. The molecule has 0 aromatic heterocycles. The van der Waals surface area contributed by atoms with Gasteiger partial charge in [0.2, 0.25) is 0 Å². The molecule has 0 saturated carbocycles. The number of para-hydroxylation sites is 1. The Morgan fingerprint density at radius 3 is 1.63 bits per heavy atom. The van der Waals surface area contributed by atoms with E-state index in [1.165, 1.54) is 106 Å². The van der Waals surface area contributed by atoms with Gasteiger partial charge in [-0.1, -0.05) is 216 Å². The average molecular weight is 872 g/mol. The van der Waals surface area contributed by atoms with Crippen molar-refractivity contribution in [1.29, 1.82) is 0 Å². The second-order valence-electron chi connectivity index (χ2n) is 20.2. The molecule has 0 aliphatic heterocycles. The first-order valence-electron chi connectivity index (χ1n) is 24.4. The maximum Gasteiger partial charge on any atom is 0.0713 e. The van der Waals surface area contributed by atoms with Gasteiger partial charge in [0.05, 0.1) is 16.8 Å². The van der Waals surface area contributed by atoms with Gasteiger partial charge in [-0.25, -0.2) is 0 Å². The van der Waals surface area contributed by atoms with Crippen LogP contribution in [-0.4, -0.2) is 0 Å². The molecule has 4 aliphatic rings. The standard InChI is InChI=1S/C67H53N/c1-65(2)55-32-17-14-28-49(55)53-42-60-54(43-59(53)65)64-57(66(60,3)4)34-21-37-62(64)68(48-40-38-45(39-41-48)44-22-8-5-9-23-44)61-36-19-16-29-50(61)51-31-20-35-58-63(51)52-30-15-18-33-56(52)67(58,46-24-10-6-11-25-46)47-26-12-7-13-27-47/h6-8,10-43H,5,9H2,1-4H3. The predicted octanol–water partition coefficient (Wildman–Crippen LogP) is 17.5. The van der Waals surface area contributed by atoms with E-state index in [1.54, 1.807) is 0 Å². The van der Waals surface area contributed by atoms with Crippen LogP contribution in [0.4, 0.5) is 17.1 Å². The van der Waals surface area contributed by atoms with Crippen LogP contribution >= 0.6 is 0 Å². The molecule has 0 radical (unpaired) electrons. The second kappa shape index (κ2) is 15.1. The van der Waals surface area contributed by atoms with Gasteiger partial charge >= 0.3 is 0 Å². The third-order valence-corrected chi connectivity index (χ3v) is 16.0. The van der Waals surface area contributed by atoms with Gasteiger partial charge in [-0.15, -0.1) is 0 Å². The summed E-state index contributed by atoms with van der Waals surface area (Å²) in [5.74, 6) is 0. The number of fused-ring (bicyclic) bond motifs is 9. The van der Waals surface area contributed by atoms with E-state index >= 15 is 0 Å². The summed E-state index contributed by atoms with van der Waals surface area (Å²) < 4.78 is 0. The van der Waals surface area contributed by atoms with Crippen LogP contribution in [0.5, 0.6) is 0 Å². The first-order valence-corrected chi connectivity index (χ1v) is 24.4. The number of nitrogens with zero attached hydrogens (tertiary/aromatic N) is 1. The molecule has 0 atom stereocenters. The number of anilines is 3. The Bertz CT molecular complexity index is 3510. The summed E-state index contributed by atoms with van der Waals surface area (Å²) in [4.78, 5) is 2.57. The zero-order valence-electron chi connectivity index (χ0n) is 39.2. The summed E-state index contributed by atoms with van der Waals surface area (Å²) in [5, 5.41) is 0. The fourth-order valence-electron chi connectivity index (χ4n) is 12.8. The van der Waals surface area contributed by atoms with Crippen molar-refractivity contribution in [3.8, 4) is 44.5 Å². The van der Waals surface area contributed by atoms with Crippen molar-refractivity contribution in [2.75, 3.05) is 4.90 Å². The van der Waals surface area contributed by atoms with Crippen LogP contribution < -0.4 is 4.90 Å². The maximum atomic E-state index is 2.57. The molecule has 0 heterocycles. The predicted molar refractivity (Wildman–Crippen MR) is 285 cm³/mol. The van der Waals surface area contributed by atoms with E-state index in [4.69, 9.17) is 0 Å². The van der Waals surface area contributed by atoms with Gasteiger partial charge < -0.3 is 4.90 Å². The molecule has 0 fully saturated rings. The van der Waals surface area contributed by atoms with Gasteiger partial charge in [-0.3, -0.25) is 0 Å². The Balaban J connectivity index is 1.07. The molecule has 68 heavy (non-hydrogen) atoms. The van der Waals surface area contributed by atoms with Crippen molar-refractivity contribution in [2.24, 2.45) is 0 Å². The highest BCUT2D eigenvalue weighted by Gasteiger charge is 2.47. The summed E-state index contributed by atoms with van der Waals surface area (Å²) in [6.45, 7) is 9.65. The molecule has 0 unspecified atom stereocenters. The van der Waals surface area contributed by atoms with Crippen LogP contribution in [0.3, 0.4) is 0 Å². The molecule has 1 nitrogen and oxygen atoms in total. The fourth-order valence-corrected chi connectivity index (χ4v) is 12.8. The van der Waals surface area contributed by atoms with Crippen LogP contribution in [0.2, 0.25) is 0 Å². The number of hydrogen-bond acceptors (Lipinski definition) is 1. The molecule has 0 N–H and O–H groups in total. The van der Waals surface area contributed by atoms with Crippen molar-refractivity contribution in [1.82, 2.24) is 0 Å². The summed E-state index contributed by atoms with van der Waals surface area (Å²) in [7, 11) is 0. The Morgan fingerprint density at radius 1 is 0.368 bits per heavy atom. The molecule has 4 aliphatic carbocycles. The van der Waals surface area contributed by atoms with E-state index in [-0.39, 0.29) is 10.8 Å². The third kappa shape index (κ3) is 5.69. The normalized spacial score (nSPS) is 15.9. The number of hydrogen-bond donors (Lipinski definition) is 0. The number of rotatable bonds is 7.